The highest BCUT2D eigenvalue weighted by Crippen LogP contribution is 2.25. The van der Waals surface area contributed by atoms with Crippen LogP contribution in [-0.4, -0.2) is 10.9 Å². The van der Waals surface area contributed by atoms with Crippen LogP contribution in [0.15, 0.2) is 48.8 Å². The van der Waals surface area contributed by atoms with Crippen LogP contribution in [0.25, 0.3) is 0 Å². The van der Waals surface area contributed by atoms with E-state index in [0.717, 1.165) is 11.8 Å². The van der Waals surface area contributed by atoms with Gasteiger partial charge >= 0.3 is 0 Å². The monoisotopic (exact) mass is 300 g/mol. The highest BCUT2D eigenvalue weighted by atomic mass is 19.1. The Morgan fingerprint density at radius 1 is 1.09 bits per heavy atom. The van der Waals surface area contributed by atoms with Crippen molar-refractivity contribution in [3.63, 3.8) is 0 Å². The number of carbonyl (C=O) groups is 1. The van der Waals surface area contributed by atoms with Crippen LogP contribution in [0.1, 0.15) is 43.9 Å². The van der Waals surface area contributed by atoms with Gasteiger partial charge in [0.05, 0.1) is 18.2 Å². The van der Waals surface area contributed by atoms with Gasteiger partial charge in [-0.3, -0.25) is 9.78 Å². The topological polar surface area (TPSA) is 42.0 Å². The van der Waals surface area contributed by atoms with Crippen molar-refractivity contribution in [3.8, 4) is 0 Å². The molecule has 22 heavy (non-hydrogen) atoms. The predicted octanol–water partition coefficient (Wildman–Crippen LogP) is 3.84. The van der Waals surface area contributed by atoms with E-state index in [4.69, 9.17) is 0 Å². The van der Waals surface area contributed by atoms with Crippen molar-refractivity contribution in [1.82, 2.24) is 10.3 Å². The second-order valence-corrected chi connectivity index (χ2v) is 5.80. The predicted molar refractivity (Wildman–Crippen MR) is 84.8 cm³/mol. The molecule has 0 spiro atoms. The average Bonchev–Trinajstić information content (AvgIpc) is 2.48. The first-order valence-electron chi connectivity index (χ1n) is 7.44. The van der Waals surface area contributed by atoms with E-state index in [2.05, 4.69) is 10.3 Å². The van der Waals surface area contributed by atoms with Crippen LogP contribution in [0.4, 0.5) is 4.39 Å². The third-order valence-corrected chi connectivity index (χ3v) is 3.69. The number of amides is 1. The SMILES string of the molecule is CC(C)[C@@H](C(=O)N[C@@H](C)c1cncc(F)c1)c1ccccc1. The maximum atomic E-state index is 13.2. The third-order valence-electron chi connectivity index (χ3n) is 3.69. The second-order valence-electron chi connectivity index (χ2n) is 5.80. The number of carbonyl (C=O) groups excluding carboxylic acids is 1. The number of benzene rings is 1. The Bertz CT molecular complexity index is 628. The van der Waals surface area contributed by atoms with Gasteiger partial charge in [-0.05, 0) is 30.0 Å². The number of hydrogen-bond donors (Lipinski definition) is 1. The van der Waals surface area contributed by atoms with Crippen LogP contribution in [0.3, 0.4) is 0 Å². The molecule has 0 saturated heterocycles. The van der Waals surface area contributed by atoms with Crippen LogP contribution in [0, 0.1) is 11.7 Å². The van der Waals surface area contributed by atoms with Crippen LogP contribution in [-0.2, 0) is 4.79 Å². The molecule has 1 amide bonds. The standard InChI is InChI=1S/C18H21FN2O/c1-12(2)17(14-7-5-4-6-8-14)18(22)21-13(3)15-9-16(19)11-20-10-15/h4-13,17H,1-3H3,(H,21,22)/t13-,17+/m0/s1. The van der Waals surface area contributed by atoms with Gasteiger partial charge in [0.15, 0.2) is 0 Å². The van der Waals surface area contributed by atoms with Gasteiger partial charge in [-0.2, -0.15) is 0 Å². The summed E-state index contributed by atoms with van der Waals surface area (Å²) in [7, 11) is 0. The van der Waals surface area contributed by atoms with Gasteiger partial charge in [-0.1, -0.05) is 44.2 Å². The first-order valence-corrected chi connectivity index (χ1v) is 7.44. The van der Waals surface area contributed by atoms with Crippen LogP contribution >= 0.6 is 0 Å². The number of aromatic nitrogens is 1. The van der Waals surface area contributed by atoms with Crippen molar-refractivity contribution in [2.24, 2.45) is 5.92 Å². The van der Waals surface area contributed by atoms with Gasteiger partial charge < -0.3 is 5.32 Å². The van der Waals surface area contributed by atoms with Crippen molar-refractivity contribution in [3.05, 3.63) is 65.7 Å². The lowest BCUT2D eigenvalue weighted by Crippen LogP contribution is -2.34. The lowest BCUT2D eigenvalue weighted by atomic mass is 9.87. The number of nitrogens with zero attached hydrogens (tertiary/aromatic N) is 1. The Hall–Kier alpha value is -2.23. The summed E-state index contributed by atoms with van der Waals surface area (Å²) >= 11 is 0. The molecule has 0 radical (unpaired) electrons. The number of nitrogens with one attached hydrogen (secondary N) is 1. The molecular weight excluding hydrogens is 279 g/mol. The zero-order chi connectivity index (χ0) is 16.1. The van der Waals surface area contributed by atoms with E-state index in [1.807, 2.05) is 51.1 Å². The Balaban J connectivity index is 2.15. The van der Waals surface area contributed by atoms with E-state index in [-0.39, 0.29) is 23.8 Å². The molecule has 116 valence electrons. The van der Waals surface area contributed by atoms with Crippen LogP contribution < -0.4 is 5.32 Å². The maximum Gasteiger partial charge on any atom is 0.228 e. The molecule has 0 aliphatic carbocycles. The van der Waals surface area contributed by atoms with E-state index in [9.17, 15) is 9.18 Å². The van der Waals surface area contributed by atoms with E-state index in [0.29, 0.717) is 5.56 Å². The molecule has 0 fully saturated rings. The van der Waals surface area contributed by atoms with Crippen molar-refractivity contribution >= 4 is 5.91 Å². The number of rotatable bonds is 5. The minimum absolute atomic E-state index is 0.0574. The van der Waals surface area contributed by atoms with Gasteiger partial charge in [0.2, 0.25) is 5.91 Å². The molecule has 1 aromatic carbocycles. The summed E-state index contributed by atoms with van der Waals surface area (Å²) in [5.41, 5.74) is 1.64. The molecule has 1 heterocycles. The minimum atomic E-state index is -0.401. The van der Waals surface area contributed by atoms with Crippen LogP contribution in [0.2, 0.25) is 0 Å². The maximum absolute atomic E-state index is 13.2. The average molecular weight is 300 g/mol. The molecule has 0 bridgehead atoms. The zero-order valence-corrected chi connectivity index (χ0v) is 13.1. The van der Waals surface area contributed by atoms with Crippen molar-refractivity contribution in [1.29, 1.82) is 0 Å². The lowest BCUT2D eigenvalue weighted by molar-refractivity contribution is -0.124. The normalized spacial score (nSPS) is 13.7. The van der Waals surface area contributed by atoms with Gasteiger partial charge in [-0.25, -0.2) is 4.39 Å². The number of pyridine rings is 1. The number of hydrogen-bond acceptors (Lipinski definition) is 2. The fourth-order valence-electron chi connectivity index (χ4n) is 2.55. The highest BCUT2D eigenvalue weighted by molar-refractivity contribution is 5.84. The van der Waals surface area contributed by atoms with Crippen molar-refractivity contribution in [2.75, 3.05) is 0 Å². The van der Waals surface area contributed by atoms with Gasteiger partial charge in [0.25, 0.3) is 0 Å². The van der Waals surface area contributed by atoms with Crippen LogP contribution in [0.5, 0.6) is 0 Å². The summed E-state index contributed by atoms with van der Waals surface area (Å²) in [5, 5.41) is 2.96. The molecule has 2 atom stereocenters. The molecular formula is C18H21FN2O. The third kappa shape index (κ3) is 3.91. The molecule has 3 nitrogen and oxygen atoms in total. The fraction of sp³-hybridized carbons (Fsp3) is 0.333. The Morgan fingerprint density at radius 2 is 1.77 bits per heavy atom. The molecule has 0 unspecified atom stereocenters. The first kappa shape index (κ1) is 16.1. The Morgan fingerprint density at radius 3 is 2.36 bits per heavy atom. The Kier molecular flexibility index (Phi) is 5.26. The van der Waals surface area contributed by atoms with Crippen molar-refractivity contribution < 1.29 is 9.18 Å². The zero-order valence-electron chi connectivity index (χ0n) is 13.1. The summed E-state index contributed by atoms with van der Waals surface area (Å²) < 4.78 is 13.2. The summed E-state index contributed by atoms with van der Waals surface area (Å²) in [4.78, 5) is 16.5. The Labute approximate surface area is 130 Å². The summed E-state index contributed by atoms with van der Waals surface area (Å²) in [6.07, 6.45) is 2.72. The summed E-state index contributed by atoms with van der Waals surface area (Å²) in [5.74, 6) is -0.523. The van der Waals surface area contributed by atoms with Gasteiger partial charge in [0.1, 0.15) is 5.82 Å². The molecule has 1 N–H and O–H groups in total. The summed E-state index contributed by atoms with van der Waals surface area (Å²) in [6.45, 7) is 5.87. The first-order chi connectivity index (χ1) is 10.5. The van der Waals surface area contributed by atoms with Gasteiger partial charge in [-0.15, -0.1) is 0 Å². The van der Waals surface area contributed by atoms with E-state index in [1.165, 1.54) is 6.07 Å². The molecule has 0 aliphatic rings. The second kappa shape index (κ2) is 7.16. The van der Waals surface area contributed by atoms with E-state index >= 15 is 0 Å². The fourth-order valence-corrected chi connectivity index (χ4v) is 2.55. The minimum Gasteiger partial charge on any atom is -0.349 e. The largest absolute Gasteiger partial charge is 0.349 e. The molecule has 2 aromatic rings. The molecule has 0 saturated carbocycles. The molecule has 2 rings (SSSR count). The quantitative estimate of drug-likeness (QED) is 0.911. The van der Waals surface area contributed by atoms with E-state index < -0.39 is 5.82 Å². The molecule has 1 aromatic heterocycles. The van der Waals surface area contributed by atoms with Crippen molar-refractivity contribution in [2.45, 2.75) is 32.7 Å². The summed E-state index contributed by atoms with van der Waals surface area (Å²) in [6, 6.07) is 10.8. The smallest absolute Gasteiger partial charge is 0.228 e. The molecule has 0 aliphatic heterocycles. The molecule has 4 heteroatoms. The van der Waals surface area contributed by atoms with Gasteiger partial charge in [0, 0.05) is 6.20 Å². The van der Waals surface area contributed by atoms with E-state index in [1.54, 1.807) is 6.20 Å². The highest BCUT2D eigenvalue weighted by Gasteiger charge is 2.25. The number of halogens is 1. The lowest BCUT2D eigenvalue weighted by Gasteiger charge is -2.23.